The van der Waals surface area contributed by atoms with Crippen LogP contribution in [0.2, 0.25) is 0 Å². The molecule has 0 atom stereocenters. The van der Waals surface area contributed by atoms with Crippen LogP contribution in [0.3, 0.4) is 0 Å². The highest BCUT2D eigenvalue weighted by atomic mass is 14.8. The Kier molecular flexibility index (Phi) is 2.74. The van der Waals surface area contributed by atoms with E-state index in [0.29, 0.717) is 5.92 Å². The predicted octanol–water partition coefficient (Wildman–Crippen LogP) is 4.52. The summed E-state index contributed by atoms with van der Waals surface area (Å²) in [5, 5.41) is 2.40. The molecule has 2 heterocycles. The van der Waals surface area contributed by atoms with E-state index in [2.05, 4.69) is 50.9 Å². The van der Waals surface area contributed by atoms with Crippen LogP contribution < -0.4 is 0 Å². The zero-order valence-electron chi connectivity index (χ0n) is 11.9. The van der Waals surface area contributed by atoms with E-state index in [9.17, 15) is 0 Å². The molecule has 0 radical (unpaired) electrons. The lowest BCUT2D eigenvalue weighted by atomic mass is 10.0. The Morgan fingerprint density at radius 2 is 1.58 bits per heavy atom. The lowest BCUT2D eigenvalue weighted by Gasteiger charge is -2.11. The summed E-state index contributed by atoms with van der Waals surface area (Å²) < 4.78 is 0. The zero-order chi connectivity index (χ0) is 13.6. The fourth-order valence-corrected chi connectivity index (χ4v) is 2.53. The molecule has 0 saturated heterocycles. The summed E-state index contributed by atoms with van der Waals surface area (Å²) in [6.07, 6.45) is 1.87. The summed E-state index contributed by atoms with van der Waals surface area (Å²) in [5.74, 6) is 0.433. The molecule has 3 rings (SSSR count). The highest BCUT2D eigenvalue weighted by molar-refractivity contribution is 6.04. The van der Waals surface area contributed by atoms with Crippen LogP contribution in [0.1, 0.15) is 36.6 Å². The van der Waals surface area contributed by atoms with Crippen molar-refractivity contribution in [2.24, 2.45) is 0 Å². The van der Waals surface area contributed by atoms with E-state index in [1.165, 1.54) is 21.9 Å². The second kappa shape index (κ2) is 4.30. The highest BCUT2D eigenvalue weighted by Gasteiger charge is 2.10. The number of pyridine rings is 2. The van der Waals surface area contributed by atoms with Gasteiger partial charge in [-0.15, -0.1) is 0 Å². The Labute approximate surface area is 113 Å². The minimum atomic E-state index is 0.433. The predicted molar refractivity (Wildman–Crippen MR) is 80.6 cm³/mol. The first-order chi connectivity index (χ1) is 9.08. The van der Waals surface area contributed by atoms with Gasteiger partial charge in [0.2, 0.25) is 0 Å². The summed E-state index contributed by atoms with van der Waals surface area (Å²) in [5.41, 5.74) is 5.72. The lowest BCUT2D eigenvalue weighted by Crippen LogP contribution is -1.96. The van der Waals surface area contributed by atoms with Crippen molar-refractivity contribution < 1.29 is 0 Å². The number of hydrogen-bond donors (Lipinski definition) is 0. The number of rotatable bonds is 1. The van der Waals surface area contributed by atoms with Gasteiger partial charge in [0.1, 0.15) is 0 Å². The number of nitrogens with zero attached hydrogens (tertiary/aromatic N) is 2. The number of aryl methyl sites for hydroxylation is 2. The topological polar surface area (TPSA) is 25.8 Å². The molecule has 0 spiro atoms. The number of fused-ring (bicyclic) bond motifs is 3. The first-order valence-electron chi connectivity index (χ1n) is 6.73. The molecule has 2 aromatic heterocycles. The van der Waals surface area contributed by atoms with Gasteiger partial charge < -0.3 is 0 Å². The summed E-state index contributed by atoms with van der Waals surface area (Å²) in [7, 11) is 0. The summed E-state index contributed by atoms with van der Waals surface area (Å²) in [4.78, 5) is 9.39. The Hall–Kier alpha value is -1.96. The molecule has 0 unspecified atom stereocenters. The normalized spacial score (nSPS) is 11.6. The Balaban J connectivity index is 2.49. The Morgan fingerprint density at radius 1 is 0.895 bits per heavy atom. The molecule has 96 valence electrons. The van der Waals surface area contributed by atoms with Crippen molar-refractivity contribution >= 4 is 21.8 Å². The largest absolute Gasteiger partial charge is 0.254 e. The zero-order valence-corrected chi connectivity index (χ0v) is 11.9. The molecule has 0 aliphatic carbocycles. The molecule has 0 aliphatic heterocycles. The molecule has 0 amide bonds. The van der Waals surface area contributed by atoms with Crippen molar-refractivity contribution in [3.8, 4) is 0 Å². The average molecular weight is 250 g/mol. The maximum Gasteiger partial charge on any atom is 0.0970 e. The summed E-state index contributed by atoms with van der Waals surface area (Å²) >= 11 is 0. The van der Waals surface area contributed by atoms with Gasteiger partial charge in [0.15, 0.2) is 0 Å². The first kappa shape index (κ1) is 12.1. The molecule has 1 aromatic carbocycles. The second-order valence-corrected chi connectivity index (χ2v) is 5.50. The molecular formula is C17H18N2. The molecular weight excluding hydrogens is 232 g/mol. The van der Waals surface area contributed by atoms with Crippen molar-refractivity contribution in [3.63, 3.8) is 0 Å². The minimum absolute atomic E-state index is 0.433. The highest BCUT2D eigenvalue weighted by Crippen LogP contribution is 2.28. The maximum atomic E-state index is 4.84. The average Bonchev–Trinajstić information content (AvgIpc) is 2.38. The van der Waals surface area contributed by atoms with Crippen LogP contribution in [0.25, 0.3) is 21.8 Å². The van der Waals surface area contributed by atoms with Crippen LogP contribution in [0.5, 0.6) is 0 Å². The van der Waals surface area contributed by atoms with Gasteiger partial charge >= 0.3 is 0 Å². The molecule has 2 nitrogen and oxygen atoms in total. The molecule has 0 fully saturated rings. The van der Waals surface area contributed by atoms with Gasteiger partial charge in [-0.25, -0.2) is 0 Å². The van der Waals surface area contributed by atoms with E-state index >= 15 is 0 Å². The van der Waals surface area contributed by atoms with Gasteiger partial charge in [0.05, 0.1) is 11.0 Å². The van der Waals surface area contributed by atoms with Crippen LogP contribution in [0.15, 0.2) is 30.5 Å². The number of benzene rings is 1. The van der Waals surface area contributed by atoms with Gasteiger partial charge in [-0.3, -0.25) is 9.97 Å². The van der Waals surface area contributed by atoms with Gasteiger partial charge in [0.25, 0.3) is 0 Å². The number of hydrogen-bond acceptors (Lipinski definition) is 2. The molecule has 3 aromatic rings. The quantitative estimate of drug-likeness (QED) is 0.593. The summed E-state index contributed by atoms with van der Waals surface area (Å²) in [6.45, 7) is 8.63. The van der Waals surface area contributed by atoms with Gasteiger partial charge in [-0.2, -0.15) is 0 Å². The smallest absolute Gasteiger partial charge is 0.0970 e. The number of aromatic nitrogens is 2. The fraction of sp³-hybridized carbons (Fsp3) is 0.294. The third kappa shape index (κ3) is 1.88. The van der Waals surface area contributed by atoms with Crippen LogP contribution in [0.4, 0.5) is 0 Å². The molecule has 0 N–H and O–H groups in total. The fourth-order valence-electron chi connectivity index (χ4n) is 2.53. The van der Waals surface area contributed by atoms with E-state index in [-0.39, 0.29) is 0 Å². The molecule has 0 aliphatic rings. The Bertz CT molecular complexity index is 773. The van der Waals surface area contributed by atoms with E-state index < -0.39 is 0 Å². The molecule has 0 saturated carbocycles. The molecule has 19 heavy (non-hydrogen) atoms. The van der Waals surface area contributed by atoms with Crippen LogP contribution in [-0.2, 0) is 0 Å². The first-order valence-corrected chi connectivity index (χ1v) is 6.73. The lowest BCUT2D eigenvalue weighted by molar-refractivity contribution is 0.828. The van der Waals surface area contributed by atoms with E-state index in [1.54, 1.807) is 0 Å². The monoisotopic (exact) mass is 250 g/mol. The third-order valence-corrected chi connectivity index (χ3v) is 3.73. The van der Waals surface area contributed by atoms with Crippen molar-refractivity contribution in [3.05, 3.63) is 47.3 Å². The van der Waals surface area contributed by atoms with Crippen molar-refractivity contribution in [2.45, 2.75) is 33.6 Å². The third-order valence-electron chi connectivity index (χ3n) is 3.73. The SMILES string of the molecule is Cc1ccnc2c1ccc1c(C)cc(C(C)C)nc12. The van der Waals surface area contributed by atoms with E-state index in [4.69, 9.17) is 4.98 Å². The van der Waals surface area contributed by atoms with Gasteiger partial charge in [-0.1, -0.05) is 26.0 Å². The summed E-state index contributed by atoms with van der Waals surface area (Å²) in [6, 6.07) is 8.56. The van der Waals surface area contributed by atoms with Crippen molar-refractivity contribution in [2.75, 3.05) is 0 Å². The van der Waals surface area contributed by atoms with Gasteiger partial charge in [0, 0.05) is 22.7 Å². The van der Waals surface area contributed by atoms with Gasteiger partial charge in [-0.05, 0) is 43.0 Å². The van der Waals surface area contributed by atoms with Crippen molar-refractivity contribution in [1.29, 1.82) is 0 Å². The molecule has 2 heteroatoms. The Morgan fingerprint density at radius 3 is 2.26 bits per heavy atom. The minimum Gasteiger partial charge on any atom is -0.254 e. The van der Waals surface area contributed by atoms with Crippen molar-refractivity contribution in [1.82, 2.24) is 9.97 Å². The molecule has 0 bridgehead atoms. The van der Waals surface area contributed by atoms with E-state index in [1.807, 2.05) is 12.3 Å². The van der Waals surface area contributed by atoms with Crippen LogP contribution in [0, 0.1) is 13.8 Å². The maximum absolute atomic E-state index is 4.84. The van der Waals surface area contributed by atoms with E-state index in [0.717, 1.165) is 16.7 Å². The van der Waals surface area contributed by atoms with Crippen LogP contribution >= 0.6 is 0 Å². The second-order valence-electron chi connectivity index (χ2n) is 5.50. The van der Waals surface area contributed by atoms with Crippen LogP contribution in [-0.4, -0.2) is 9.97 Å². The standard InChI is InChI=1S/C17H18N2/c1-10(2)15-9-12(4)14-6-5-13-11(3)7-8-18-16(13)17(14)19-15/h5-10H,1-4H3.